The van der Waals surface area contributed by atoms with E-state index in [1.165, 1.54) is 4.31 Å². The van der Waals surface area contributed by atoms with Crippen LogP contribution in [0.5, 0.6) is 0 Å². The third-order valence-electron chi connectivity index (χ3n) is 3.35. The second kappa shape index (κ2) is 6.51. The van der Waals surface area contributed by atoms with Crippen molar-refractivity contribution in [3.05, 3.63) is 18.3 Å². The first-order valence-electron chi connectivity index (χ1n) is 6.89. The van der Waals surface area contributed by atoms with Gasteiger partial charge in [0.25, 0.3) is 0 Å². The molecule has 1 atom stereocenters. The lowest BCUT2D eigenvalue weighted by Gasteiger charge is -2.34. The summed E-state index contributed by atoms with van der Waals surface area (Å²) >= 11 is 0. The molecule has 1 saturated heterocycles. The van der Waals surface area contributed by atoms with Crippen molar-refractivity contribution in [3.8, 4) is 0 Å². The molecule has 0 saturated carbocycles. The molecule has 1 aliphatic heterocycles. The van der Waals surface area contributed by atoms with Crippen LogP contribution in [0.1, 0.15) is 20.3 Å². The Bertz CT molecular complexity index is 548. The van der Waals surface area contributed by atoms with Crippen LogP contribution in [0.25, 0.3) is 0 Å². The monoisotopic (exact) mass is 299 g/mol. The molecule has 0 radical (unpaired) electrons. The van der Waals surface area contributed by atoms with E-state index < -0.39 is 10.0 Å². The molecule has 1 aromatic heterocycles. The van der Waals surface area contributed by atoms with Crippen LogP contribution in [0.4, 0.5) is 5.82 Å². The topological polar surface area (TPSA) is 71.5 Å². The molecule has 1 unspecified atom stereocenters. The molecule has 7 heteroatoms. The number of aromatic nitrogens is 1. The second-order valence-corrected chi connectivity index (χ2v) is 6.49. The Morgan fingerprint density at radius 1 is 1.50 bits per heavy atom. The summed E-state index contributed by atoms with van der Waals surface area (Å²) in [5.74, 6) is 0.413. The van der Waals surface area contributed by atoms with Gasteiger partial charge < -0.3 is 10.1 Å². The van der Waals surface area contributed by atoms with Gasteiger partial charge in [-0.25, -0.2) is 13.4 Å². The highest BCUT2D eigenvalue weighted by Crippen LogP contribution is 2.26. The van der Waals surface area contributed by atoms with Crippen molar-refractivity contribution in [2.75, 3.05) is 31.6 Å². The van der Waals surface area contributed by atoms with Gasteiger partial charge >= 0.3 is 0 Å². The van der Waals surface area contributed by atoms with Gasteiger partial charge in [0.05, 0.1) is 13.2 Å². The fraction of sp³-hybridized carbons (Fsp3) is 0.615. The van der Waals surface area contributed by atoms with Gasteiger partial charge in [-0.1, -0.05) is 6.92 Å². The summed E-state index contributed by atoms with van der Waals surface area (Å²) in [6.45, 7) is 5.78. The Hall–Kier alpha value is -1.18. The predicted molar refractivity (Wildman–Crippen MR) is 77.2 cm³/mol. The molecule has 0 aromatic carbocycles. The molecule has 1 N–H and O–H groups in total. The molecular formula is C13H21N3O3S. The third-order valence-corrected chi connectivity index (χ3v) is 5.33. The van der Waals surface area contributed by atoms with Crippen LogP contribution in [0.2, 0.25) is 0 Å². The van der Waals surface area contributed by atoms with Crippen molar-refractivity contribution < 1.29 is 13.2 Å². The fourth-order valence-electron chi connectivity index (χ4n) is 2.30. The van der Waals surface area contributed by atoms with Crippen LogP contribution in [-0.2, 0) is 14.8 Å². The average Bonchev–Trinajstić information content (AvgIpc) is 2.48. The van der Waals surface area contributed by atoms with Crippen LogP contribution in [0, 0.1) is 0 Å². The minimum absolute atomic E-state index is 0.108. The zero-order chi connectivity index (χ0) is 14.6. The smallest absolute Gasteiger partial charge is 0.247 e. The van der Waals surface area contributed by atoms with Crippen molar-refractivity contribution in [2.45, 2.75) is 31.2 Å². The normalized spacial score (nSPS) is 20.8. The molecule has 2 rings (SSSR count). The number of pyridine rings is 1. The molecule has 0 aliphatic carbocycles. The molecule has 1 fully saturated rings. The molecule has 0 amide bonds. The van der Waals surface area contributed by atoms with Crippen molar-refractivity contribution in [3.63, 3.8) is 0 Å². The number of hydrogen-bond acceptors (Lipinski definition) is 5. The molecule has 6 nitrogen and oxygen atoms in total. The van der Waals surface area contributed by atoms with Gasteiger partial charge in [0, 0.05) is 25.3 Å². The van der Waals surface area contributed by atoms with Crippen molar-refractivity contribution >= 4 is 15.8 Å². The summed E-state index contributed by atoms with van der Waals surface area (Å²) in [5, 5.41) is 3.01. The van der Waals surface area contributed by atoms with Crippen LogP contribution in [0.3, 0.4) is 0 Å². The maximum absolute atomic E-state index is 12.8. The highest BCUT2D eigenvalue weighted by atomic mass is 32.2. The van der Waals surface area contributed by atoms with E-state index in [1.54, 1.807) is 18.3 Å². The average molecular weight is 299 g/mol. The van der Waals surface area contributed by atoms with E-state index in [4.69, 9.17) is 4.74 Å². The van der Waals surface area contributed by atoms with E-state index in [1.807, 2.05) is 13.8 Å². The summed E-state index contributed by atoms with van der Waals surface area (Å²) in [6, 6.07) is 3.14. The number of hydrogen-bond donors (Lipinski definition) is 1. The molecule has 112 valence electrons. The van der Waals surface area contributed by atoms with Crippen LogP contribution < -0.4 is 5.32 Å². The summed E-state index contributed by atoms with van der Waals surface area (Å²) in [4.78, 5) is 4.37. The number of rotatable bonds is 5. The minimum Gasteiger partial charge on any atom is -0.378 e. The quantitative estimate of drug-likeness (QED) is 0.887. The van der Waals surface area contributed by atoms with Gasteiger partial charge in [0.1, 0.15) is 10.7 Å². The Morgan fingerprint density at radius 3 is 3.00 bits per heavy atom. The maximum atomic E-state index is 12.8. The van der Waals surface area contributed by atoms with Crippen LogP contribution >= 0.6 is 0 Å². The Morgan fingerprint density at radius 2 is 2.30 bits per heavy atom. The Kier molecular flexibility index (Phi) is 4.95. The van der Waals surface area contributed by atoms with Crippen molar-refractivity contribution in [2.24, 2.45) is 0 Å². The SMILES string of the molecule is CCNc1ncccc1S(=O)(=O)N1CCOCC1CC. The van der Waals surface area contributed by atoms with E-state index in [9.17, 15) is 8.42 Å². The summed E-state index contributed by atoms with van der Waals surface area (Å²) in [7, 11) is -3.55. The number of nitrogens with zero attached hydrogens (tertiary/aromatic N) is 2. The standard InChI is InChI=1S/C13H21N3O3S/c1-3-11-10-19-9-8-16(11)20(17,18)12-6-5-7-15-13(12)14-4-2/h5-7,11H,3-4,8-10H2,1-2H3,(H,14,15). The van der Waals surface area contributed by atoms with E-state index in [2.05, 4.69) is 10.3 Å². The largest absolute Gasteiger partial charge is 0.378 e. The molecule has 0 spiro atoms. The van der Waals surface area contributed by atoms with Gasteiger partial charge in [-0.2, -0.15) is 4.31 Å². The first kappa shape index (κ1) is 15.2. The highest BCUT2D eigenvalue weighted by Gasteiger charge is 2.34. The maximum Gasteiger partial charge on any atom is 0.247 e. The van der Waals surface area contributed by atoms with Gasteiger partial charge in [-0.05, 0) is 25.5 Å². The summed E-state index contributed by atoms with van der Waals surface area (Å²) in [6.07, 6.45) is 2.32. The molecular weight excluding hydrogens is 278 g/mol. The number of sulfonamides is 1. The third kappa shape index (κ3) is 2.94. The van der Waals surface area contributed by atoms with E-state index in [0.717, 1.165) is 6.42 Å². The van der Waals surface area contributed by atoms with Gasteiger partial charge in [-0.15, -0.1) is 0 Å². The lowest BCUT2D eigenvalue weighted by Crippen LogP contribution is -2.48. The lowest BCUT2D eigenvalue weighted by atomic mass is 10.2. The Labute approximate surface area is 120 Å². The highest BCUT2D eigenvalue weighted by molar-refractivity contribution is 7.89. The molecule has 2 heterocycles. The molecule has 20 heavy (non-hydrogen) atoms. The van der Waals surface area contributed by atoms with E-state index >= 15 is 0 Å². The number of ether oxygens (including phenoxy) is 1. The van der Waals surface area contributed by atoms with Crippen LogP contribution in [-0.4, -0.2) is 50.1 Å². The van der Waals surface area contributed by atoms with Gasteiger partial charge in [-0.3, -0.25) is 0 Å². The van der Waals surface area contributed by atoms with E-state index in [0.29, 0.717) is 32.1 Å². The first-order chi connectivity index (χ1) is 9.61. The Balaban J connectivity index is 2.38. The zero-order valence-electron chi connectivity index (χ0n) is 11.9. The van der Waals surface area contributed by atoms with Crippen LogP contribution in [0.15, 0.2) is 23.2 Å². The second-order valence-electron chi connectivity index (χ2n) is 4.63. The summed E-state index contributed by atoms with van der Waals surface area (Å²) in [5.41, 5.74) is 0. The number of morpholine rings is 1. The molecule has 1 aliphatic rings. The number of nitrogens with one attached hydrogen (secondary N) is 1. The van der Waals surface area contributed by atoms with Crippen molar-refractivity contribution in [1.82, 2.24) is 9.29 Å². The molecule has 1 aromatic rings. The van der Waals surface area contributed by atoms with Gasteiger partial charge in [0.2, 0.25) is 10.0 Å². The fourth-order valence-corrected chi connectivity index (χ4v) is 4.09. The lowest BCUT2D eigenvalue weighted by molar-refractivity contribution is 0.0314. The number of anilines is 1. The minimum atomic E-state index is -3.55. The zero-order valence-corrected chi connectivity index (χ0v) is 12.7. The first-order valence-corrected chi connectivity index (χ1v) is 8.33. The van der Waals surface area contributed by atoms with Gasteiger partial charge in [0.15, 0.2) is 0 Å². The van der Waals surface area contributed by atoms with Crippen molar-refractivity contribution in [1.29, 1.82) is 0 Å². The molecule has 0 bridgehead atoms. The predicted octanol–water partition coefficient (Wildman–Crippen LogP) is 1.31. The summed E-state index contributed by atoms with van der Waals surface area (Å²) < 4.78 is 32.6. The van der Waals surface area contributed by atoms with E-state index in [-0.39, 0.29) is 10.9 Å².